The van der Waals surface area contributed by atoms with Gasteiger partial charge in [0.15, 0.2) is 0 Å². The molecule has 15 heavy (non-hydrogen) atoms. The van der Waals surface area contributed by atoms with Crippen LogP contribution in [-0.2, 0) is 20.4 Å². The van der Waals surface area contributed by atoms with Crippen LogP contribution < -0.4 is 5.32 Å². The number of carbonyl (C=O) groups excluding carboxylic acids is 1. The topological polar surface area (TPSA) is 83.5 Å². The van der Waals surface area contributed by atoms with Crippen LogP contribution in [0.1, 0.15) is 6.42 Å². The monoisotopic (exact) mass is 231 g/mol. The molecule has 0 fully saturated rings. The van der Waals surface area contributed by atoms with Crippen molar-refractivity contribution in [1.82, 2.24) is 5.32 Å². The van der Waals surface area contributed by atoms with Crippen molar-refractivity contribution in [2.75, 3.05) is 12.3 Å². The maximum atomic E-state index is 11.0. The van der Waals surface area contributed by atoms with Crippen molar-refractivity contribution in [3.8, 4) is 0 Å². The third-order valence-electron chi connectivity index (χ3n) is 1.29. The smallest absolute Gasteiger partial charge is 0.305 e. The summed E-state index contributed by atoms with van der Waals surface area (Å²) in [6.45, 7) is 3.47. The number of amides is 1. The van der Waals surface area contributed by atoms with E-state index < -0.39 is 22.7 Å². The fraction of sp³-hybridized carbons (Fsp3) is 0.333. The van der Waals surface area contributed by atoms with Gasteiger partial charge >= 0.3 is 5.97 Å². The van der Waals surface area contributed by atoms with Gasteiger partial charge < -0.3 is 10.4 Å². The molecule has 0 heterocycles. The Morgan fingerprint density at radius 1 is 1.47 bits per heavy atom. The van der Waals surface area contributed by atoms with Crippen molar-refractivity contribution in [3.05, 3.63) is 24.1 Å². The van der Waals surface area contributed by atoms with Gasteiger partial charge in [-0.25, -0.2) is 0 Å². The molecule has 0 aliphatic heterocycles. The number of rotatable bonds is 7. The first-order valence-corrected chi connectivity index (χ1v) is 5.60. The fourth-order valence-corrected chi connectivity index (χ4v) is 1.28. The molecule has 0 radical (unpaired) electrons. The summed E-state index contributed by atoms with van der Waals surface area (Å²) in [5.74, 6) is -1.14. The van der Waals surface area contributed by atoms with Gasteiger partial charge in [0.05, 0.1) is 6.42 Å². The van der Waals surface area contributed by atoms with Gasteiger partial charge in [0.25, 0.3) is 0 Å². The Bertz CT molecular complexity index is 298. The minimum Gasteiger partial charge on any atom is -0.481 e. The molecule has 0 aliphatic rings. The summed E-state index contributed by atoms with van der Waals surface area (Å²) in [7, 11) is -1.23. The van der Waals surface area contributed by atoms with Gasteiger partial charge in [0.2, 0.25) is 5.91 Å². The molecule has 0 aliphatic carbocycles. The molecular formula is C9H13NO4S. The average Bonchev–Trinajstić information content (AvgIpc) is 2.14. The summed E-state index contributed by atoms with van der Waals surface area (Å²) in [5, 5.41) is 11.9. The molecule has 0 spiro atoms. The van der Waals surface area contributed by atoms with E-state index in [1.165, 1.54) is 11.5 Å². The lowest BCUT2D eigenvalue weighted by atomic mass is 10.4. The van der Waals surface area contributed by atoms with Crippen LogP contribution in [0, 0.1) is 0 Å². The molecule has 0 aromatic carbocycles. The number of carboxylic acids is 1. The Morgan fingerprint density at radius 2 is 2.13 bits per heavy atom. The first-order chi connectivity index (χ1) is 7.06. The number of carbonyl (C=O) groups is 2. The molecule has 0 saturated carbocycles. The highest BCUT2D eigenvalue weighted by Gasteiger charge is 1.99. The van der Waals surface area contributed by atoms with E-state index in [9.17, 15) is 13.8 Å². The van der Waals surface area contributed by atoms with Gasteiger partial charge in [0, 0.05) is 34.6 Å². The second-order valence-electron chi connectivity index (χ2n) is 2.57. The zero-order chi connectivity index (χ0) is 11.7. The number of aliphatic carboxylic acids is 1. The Labute approximate surface area is 90.3 Å². The zero-order valence-electron chi connectivity index (χ0n) is 8.14. The number of carboxylic acid groups (broad SMARTS) is 1. The zero-order valence-corrected chi connectivity index (χ0v) is 8.96. The predicted octanol–water partition coefficient (Wildman–Crippen LogP) is 0.0257. The largest absolute Gasteiger partial charge is 0.481 e. The van der Waals surface area contributed by atoms with Crippen molar-refractivity contribution >= 4 is 22.7 Å². The molecule has 2 N–H and O–H groups in total. The molecule has 5 nitrogen and oxygen atoms in total. The second-order valence-corrected chi connectivity index (χ2v) is 3.94. The quantitative estimate of drug-likeness (QED) is 0.478. The van der Waals surface area contributed by atoms with Crippen LogP contribution in [0.5, 0.6) is 0 Å². The number of nitrogens with one attached hydrogen (secondary N) is 1. The van der Waals surface area contributed by atoms with E-state index in [1.54, 1.807) is 0 Å². The maximum Gasteiger partial charge on any atom is 0.305 e. The molecule has 1 unspecified atom stereocenters. The standard InChI is InChI=1S/C9H13NO4S/c1-2-6-15(14)7-4-8(11)10-5-3-9(12)13/h2,4,7H,1,3,5-6H2,(H,10,11)(H,12,13). The summed E-state index contributed by atoms with van der Waals surface area (Å²) in [6.07, 6.45) is 2.49. The van der Waals surface area contributed by atoms with Gasteiger partial charge in [-0.3, -0.25) is 13.8 Å². The third-order valence-corrected chi connectivity index (χ3v) is 2.30. The van der Waals surface area contributed by atoms with Gasteiger partial charge in [-0.05, 0) is 0 Å². The highest BCUT2D eigenvalue weighted by Crippen LogP contribution is 1.86. The number of hydrogen-bond donors (Lipinski definition) is 2. The molecule has 0 aromatic heterocycles. The lowest BCUT2D eigenvalue weighted by molar-refractivity contribution is -0.136. The fourth-order valence-electron chi connectivity index (χ4n) is 0.661. The van der Waals surface area contributed by atoms with Crippen molar-refractivity contribution in [1.29, 1.82) is 0 Å². The van der Waals surface area contributed by atoms with Crippen molar-refractivity contribution < 1.29 is 18.9 Å². The molecular weight excluding hydrogens is 218 g/mol. The molecule has 84 valence electrons. The number of hydrogen-bond acceptors (Lipinski definition) is 3. The summed E-state index contributed by atoms with van der Waals surface area (Å²) >= 11 is 0. The van der Waals surface area contributed by atoms with Gasteiger partial charge in [0.1, 0.15) is 0 Å². The van der Waals surface area contributed by atoms with E-state index in [-0.39, 0.29) is 13.0 Å². The van der Waals surface area contributed by atoms with Crippen LogP contribution in [0.4, 0.5) is 0 Å². The van der Waals surface area contributed by atoms with E-state index in [0.29, 0.717) is 5.75 Å². The summed E-state index contributed by atoms with van der Waals surface area (Å²) in [6, 6.07) is 0. The maximum absolute atomic E-state index is 11.0. The highest BCUT2D eigenvalue weighted by molar-refractivity contribution is 7.88. The normalized spacial score (nSPS) is 12.3. The predicted molar refractivity (Wildman–Crippen MR) is 57.6 cm³/mol. The molecule has 0 saturated heterocycles. The lowest BCUT2D eigenvalue weighted by Gasteiger charge is -1.97. The Balaban J connectivity index is 3.77. The summed E-state index contributed by atoms with van der Waals surface area (Å²) in [4.78, 5) is 21.1. The third kappa shape index (κ3) is 8.89. The van der Waals surface area contributed by atoms with Crippen LogP contribution in [0.2, 0.25) is 0 Å². The highest BCUT2D eigenvalue weighted by atomic mass is 32.2. The lowest BCUT2D eigenvalue weighted by Crippen LogP contribution is -2.24. The molecule has 1 atom stereocenters. The Kier molecular flexibility index (Phi) is 7.17. The van der Waals surface area contributed by atoms with E-state index in [1.807, 2.05) is 0 Å². The van der Waals surface area contributed by atoms with Crippen LogP contribution >= 0.6 is 0 Å². The minimum atomic E-state index is -1.23. The van der Waals surface area contributed by atoms with Crippen molar-refractivity contribution in [2.24, 2.45) is 0 Å². The SMILES string of the molecule is C=CCS(=O)C=CC(=O)NCCC(=O)O. The second kappa shape index (κ2) is 7.93. The van der Waals surface area contributed by atoms with Gasteiger partial charge in [-0.15, -0.1) is 6.58 Å². The first kappa shape index (κ1) is 13.6. The van der Waals surface area contributed by atoms with E-state index in [0.717, 1.165) is 6.08 Å². The van der Waals surface area contributed by atoms with Gasteiger partial charge in [-0.1, -0.05) is 6.08 Å². The van der Waals surface area contributed by atoms with Crippen molar-refractivity contribution in [3.63, 3.8) is 0 Å². The molecule has 0 rings (SSSR count). The first-order valence-electron chi connectivity index (χ1n) is 4.22. The van der Waals surface area contributed by atoms with Crippen LogP contribution in [0.15, 0.2) is 24.1 Å². The minimum absolute atomic E-state index is 0.0621. The molecule has 1 amide bonds. The van der Waals surface area contributed by atoms with Crippen LogP contribution in [0.25, 0.3) is 0 Å². The van der Waals surface area contributed by atoms with Crippen molar-refractivity contribution in [2.45, 2.75) is 6.42 Å². The molecule has 0 aromatic rings. The van der Waals surface area contributed by atoms with Gasteiger partial charge in [-0.2, -0.15) is 0 Å². The van der Waals surface area contributed by atoms with E-state index in [4.69, 9.17) is 5.11 Å². The van der Waals surface area contributed by atoms with Crippen LogP contribution in [0.3, 0.4) is 0 Å². The van der Waals surface area contributed by atoms with E-state index in [2.05, 4.69) is 11.9 Å². The molecule has 0 bridgehead atoms. The van der Waals surface area contributed by atoms with E-state index >= 15 is 0 Å². The Hall–Kier alpha value is -1.43. The summed E-state index contributed by atoms with van der Waals surface area (Å²) < 4.78 is 11.0. The average molecular weight is 231 g/mol. The summed E-state index contributed by atoms with van der Waals surface area (Å²) in [5.41, 5.74) is 0. The van der Waals surface area contributed by atoms with Crippen LogP contribution in [-0.4, -0.2) is 33.5 Å². The molecule has 6 heteroatoms. The Morgan fingerprint density at radius 3 is 2.67 bits per heavy atom.